The zero-order chi connectivity index (χ0) is 11.8. The van der Waals surface area contributed by atoms with Crippen molar-refractivity contribution in [3.8, 4) is 0 Å². The van der Waals surface area contributed by atoms with Crippen LogP contribution in [0.2, 0.25) is 0 Å². The highest BCUT2D eigenvalue weighted by molar-refractivity contribution is 5.98. The largest absolute Gasteiger partial charge is 0.261 e. The first kappa shape index (κ1) is 10.3. The molecule has 1 nitrogen and oxygen atoms in total. The molecule has 17 heavy (non-hydrogen) atoms. The van der Waals surface area contributed by atoms with E-state index in [9.17, 15) is 0 Å². The Morgan fingerprint density at radius 2 is 1.65 bits per heavy atom. The van der Waals surface area contributed by atoms with Crippen LogP contribution in [0, 0.1) is 6.92 Å². The Bertz CT molecular complexity index is 698. The van der Waals surface area contributed by atoms with Crippen LogP contribution in [-0.4, -0.2) is 4.98 Å². The van der Waals surface area contributed by atoms with Gasteiger partial charge in [-0.25, -0.2) is 0 Å². The predicted octanol–water partition coefficient (Wildman–Crippen LogP) is 4.26. The van der Waals surface area contributed by atoms with Gasteiger partial charge in [0.05, 0.1) is 0 Å². The molecule has 84 valence electrons. The second-order valence-electron chi connectivity index (χ2n) is 4.56. The third-order valence-corrected chi connectivity index (χ3v) is 3.29. The van der Waals surface area contributed by atoms with Crippen LogP contribution in [0.15, 0.2) is 42.6 Å². The number of hydrogen-bond donors (Lipinski definition) is 0. The molecule has 0 saturated carbocycles. The predicted molar refractivity (Wildman–Crippen MR) is 73.4 cm³/mol. The molecule has 1 heteroatoms. The number of hydrogen-bond acceptors (Lipinski definition) is 1. The highest BCUT2D eigenvalue weighted by Gasteiger charge is 2.00. The fourth-order valence-electron chi connectivity index (χ4n) is 2.27. The maximum absolute atomic E-state index is 4.36. The third-order valence-electron chi connectivity index (χ3n) is 3.29. The Hall–Kier alpha value is -1.89. The molecule has 0 fully saturated rings. The maximum Gasteiger partial charge on any atom is 0.0379 e. The Kier molecular flexibility index (Phi) is 2.32. The van der Waals surface area contributed by atoms with Gasteiger partial charge in [0.2, 0.25) is 0 Å². The van der Waals surface area contributed by atoms with Crippen LogP contribution in [0.5, 0.6) is 0 Å². The SMILES string of the molecule is CCc1ccc2cc3cc(C)ncc3cc2c1. The van der Waals surface area contributed by atoms with Crippen LogP contribution in [-0.2, 0) is 6.42 Å². The molecule has 0 amide bonds. The molecule has 0 saturated heterocycles. The number of rotatable bonds is 1. The zero-order valence-electron chi connectivity index (χ0n) is 10.2. The van der Waals surface area contributed by atoms with Crippen molar-refractivity contribution in [2.24, 2.45) is 0 Å². The smallest absolute Gasteiger partial charge is 0.0379 e. The average Bonchev–Trinajstić information content (AvgIpc) is 2.35. The summed E-state index contributed by atoms with van der Waals surface area (Å²) in [5.74, 6) is 0. The molecule has 0 atom stereocenters. The van der Waals surface area contributed by atoms with Gasteiger partial charge in [0.25, 0.3) is 0 Å². The fourth-order valence-corrected chi connectivity index (χ4v) is 2.27. The van der Waals surface area contributed by atoms with Crippen LogP contribution >= 0.6 is 0 Å². The van der Waals surface area contributed by atoms with E-state index in [4.69, 9.17) is 0 Å². The lowest BCUT2D eigenvalue weighted by Crippen LogP contribution is -1.84. The number of benzene rings is 2. The van der Waals surface area contributed by atoms with Gasteiger partial charge in [-0.2, -0.15) is 0 Å². The van der Waals surface area contributed by atoms with E-state index in [1.807, 2.05) is 13.1 Å². The fraction of sp³-hybridized carbons (Fsp3) is 0.188. The molecule has 0 unspecified atom stereocenters. The lowest BCUT2D eigenvalue weighted by Gasteiger charge is -2.04. The molecule has 0 bridgehead atoms. The van der Waals surface area contributed by atoms with E-state index in [1.165, 1.54) is 27.1 Å². The first-order chi connectivity index (χ1) is 8.26. The molecular formula is C16H15N. The van der Waals surface area contributed by atoms with Crippen molar-refractivity contribution in [1.82, 2.24) is 4.98 Å². The normalized spacial score (nSPS) is 11.2. The summed E-state index contributed by atoms with van der Waals surface area (Å²) >= 11 is 0. The van der Waals surface area contributed by atoms with Gasteiger partial charge in [-0.3, -0.25) is 4.98 Å². The lowest BCUT2D eigenvalue weighted by molar-refractivity contribution is 1.15. The molecule has 0 aliphatic rings. The van der Waals surface area contributed by atoms with Gasteiger partial charge in [0.15, 0.2) is 0 Å². The van der Waals surface area contributed by atoms with Gasteiger partial charge >= 0.3 is 0 Å². The lowest BCUT2D eigenvalue weighted by atomic mass is 10.0. The molecule has 0 aliphatic heterocycles. The summed E-state index contributed by atoms with van der Waals surface area (Å²) in [6.45, 7) is 4.22. The third kappa shape index (κ3) is 1.78. The van der Waals surface area contributed by atoms with E-state index in [2.05, 4.69) is 48.3 Å². The molecule has 0 radical (unpaired) electrons. The van der Waals surface area contributed by atoms with Crippen LogP contribution < -0.4 is 0 Å². The van der Waals surface area contributed by atoms with E-state index >= 15 is 0 Å². The van der Waals surface area contributed by atoms with E-state index in [0.717, 1.165) is 12.1 Å². The molecule has 3 rings (SSSR count). The first-order valence-corrected chi connectivity index (χ1v) is 6.05. The van der Waals surface area contributed by atoms with Gasteiger partial charge in [-0.1, -0.05) is 25.1 Å². The van der Waals surface area contributed by atoms with Crippen molar-refractivity contribution in [2.75, 3.05) is 0 Å². The quantitative estimate of drug-likeness (QED) is 0.559. The molecule has 3 aromatic rings. The van der Waals surface area contributed by atoms with Crippen LogP contribution in [0.3, 0.4) is 0 Å². The zero-order valence-corrected chi connectivity index (χ0v) is 10.2. The van der Waals surface area contributed by atoms with Crippen molar-refractivity contribution in [2.45, 2.75) is 20.3 Å². The summed E-state index contributed by atoms with van der Waals surface area (Å²) in [7, 11) is 0. The van der Waals surface area contributed by atoms with Crippen molar-refractivity contribution >= 4 is 21.5 Å². The first-order valence-electron chi connectivity index (χ1n) is 6.05. The molecular weight excluding hydrogens is 206 g/mol. The number of pyridine rings is 1. The molecule has 0 N–H and O–H groups in total. The molecule has 0 aliphatic carbocycles. The van der Waals surface area contributed by atoms with Gasteiger partial charge in [0, 0.05) is 17.3 Å². The van der Waals surface area contributed by atoms with Crippen LogP contribution in [0.1, 0.15) is 18.2 Å². The summed E-state index contributed by atoms with van der Waals surface area (Å²) < 4.78 is 0. The minimum absolute atomic E-state index is 1.07. The Morgan fingerprint density at radius 1 is 0.882 bits per heavy atom. The highest BCUT2D eigenvalue weighted by Crippen LogP contribution is 2.23. The van der Waals surface area contributed by atoms with E-state index < -0.39 is 0 Å². The Balaban J connectivity index is 2.35. The summed E-state index contributed by atoms with van der Waals surface area (Å²) in [4.78, 5) is 4.36. The molecule has 1 aromatic heterocycles. The average molecular weight is 221 g/mol. The van der Waals surface area contributed by atoms with Crippen molar-refractivity contribution in [3.63, 3.8) is 0 Å². The Morgan fingerprint density at radius 3 is 2.47 bits per heavy atom. The van der Waals surface area contributed by atoms with Crippen LogP contribution in [0.25, 0.3) is 21.5 Å². The summed E-state index contributed by atoms with van der Waals surface area (Å²) in [5, 5.41) is 5.11. The van der Waals surface area contributed by atoms with Gasteiger partial charge in [-0.15, -0.1) is 0 Å². The summed E-state index contributed by atoms with van der Waals surface area (Å²) in [6.07, 6.45) is 3.04. The standard InChI is InChI=1S/C16H15N/c1-3-12-4-5-13-8-14-6-11(2)17-10-16(14)9-15(13)7-12/h4-10H,3H2,1-2H3. The number of aromatic nitrogens is 1. The molecule has 0 spiro atoms. The summed E-state index contributed by atoms with van der Waals surface area (Å²) in [5.41, 5.74) is 2.46. The van der Waals surface area contributed by atoms with Crippen molar-refractivity contribution in [1.29, 1.82) is 0 Å². The second-order valence-corrected chi connectivity index (χ2v) is 4.56. The number of nitrogens with zero attached hydrogens (tertiary/aromatic N) is 1. The molecule has 2 aromatic carbocycles. The highest BCUT2D eigenvalue weighted by atomic mass is 14.6. The maximum atomic E-state index is 4.36. The minimum Gasteiger partial charge on any atom is -0.261 e. The van der Waals surface area contributed by atoms with Gasteiger partial charge in [-0.05, 0) is 53.3 Å². The van der Waals surface area contributed by atoms with Crippen LogP contribution in [0.4, 0.5) is 0 Å². The van der Waals surface area contributed by atoms with Crippen molar-refractivity contribution < 1.29 is 0 Å². The van der Waals surface area contributed by atoms with Gasteiger partial charge < -0.3 is 0 Å². The Labute approximate surface area is 101 Å². The summed E-state index contributed by atoms with van der Waals surface area (Å²) in [6, 6.07) is 13.3. The minimum atomic E-state index is 1.07. The van der Waals surface area contributed by atoms with E-state index in [1.54, 1.807) is 0 Å². The monoisotopic (exact) mass is 221 g/mol. The number of aryl methyl sites for hydroxylation is 2. The van der Waals surface area contributed by atoms with E-state index in [-0.39, 0.29) is 0 Å². The van der Waals surface area contributed by atoms with Crippen molar-refractivity contribution in [3.05, 3.63) is 53.9 Å². The number of fused-ring (bicyclic) bond motifs is 2. The van der Waals surface area contributed by atoms with E-state index in [0.29, 0.717) is 0 Å². The molecule has 1 heterocycles. The second kappa shape index (κ2) is 3.85. The topological polar surface area (TPSA) is 12.9 Å². The van der Waals surface area contributed by atoms with Gasteiger partial charge in [0.1, 0.15) is 0 Å².